The first kappa shape index (κ1) is 36.5. The van der Waals surface area contributed by atoms with Crippen molar-refractivity contribution in [2.45, 2.75) is 0 Å². The molecule has 0 bridgehead atoms. The van der Waals surface area contributed by atoms with Gasteiger partial charge in [-0.1, -0.05) is 107 Å². The maximum Gasteiger partial charge on any atom is 1.00 e. The molecule has 208 valence electrons. The van der Waals surface area contributed by atoms with Crippen molar-refractivity contribution in [3.05, 3.63) is 91.0 Å². The fraction of sp³-hybridized carbons (Fsp3) is 0.400. The molecule has 0 amide bonds. The molecule has 0 aromatic heterocycles. The van der Waals surface area contributed by atoms with Crippen molar-refractivity contribution in [3.8, 4) is 0 Å². The minimum absolute atomic E-state index is 0. The zero-order valence-corrected chi connectivity index (χ0v) is 30.0. The number of rotatable bonds is 3. The van der Waals surface area contributed by atoms with Crippen LogP contribution in [0.1, 0.15) is 0 Å². The molecule has 3 aromatic carbocycles. The van der Waals surface area contributed by atoms with E-state index in [1.165, 1.54) is 15.6 Å². The Labute approximate surface area is 282 Å². The molecule has 1 saturated heterocycles. The van der Waals surface area contributed by atoms with Gasteiger partial charge in [-0.3, -0.25) is 0 Å². The average Bonchev–Trinajstić information content (AvgIpc) is 2.95. The van der Waals surface area contributed by atoms with E-state index in [2.05, 4.69) is 91.0 Å². The van der Waals surface area contributed by atoms with Gasteiger partial charge in [-0.05, 0) is 0 Å². The van der Waals surface area contributed by atoms with Gasteiger partial charge >= 0.3 is 51.4 Å². The van der Waals surface area contributed by atoms with Crippen molar-refractivity contribution >= 4 is 35.3 Å². The predicted octanol–water partition coefficient (Wildman–Crippen LogP) is -2.15. The van der Waals surface area contributed by atoms with Crippen molar-refractivity contribution in [3.63, 3.8) is 0 Å². The molecule has 1 heterocycles. The Bertz CT molecular complexity index is 756. The molecule has 0 aliphatic carbocycles. The molecule has 0 N–H and O–H groups in total. The van der Waals surface area contributed by atoms with Gasteiger partial charge in [-0.2, -0.15) is 0 Å². The van der Waals surface area contributed by atoms with Gasteiger partial charge in [-0.15, -0.1) is 0 Å². The van der Waals surface area contributed by atoms with E-state index in [0.29, 0.717) is 79.3 Å². The van der Waals surface area contributed by atoms with E-state index in [4.69, 9.17) is 28.4 Å². The van der Waals surface area contributed by atoms with E-state index >= 15 is 0 Å². The SMILES string of the molecule is C1COCCOCCOCCOCCOCCO1.[K+].[SiH3-].c1ccc([SiH](c2ccccc2)c2ccccc2)cc1. The molecule has 0 radical (unpaired) electrons. The molecule has 3 aromatic rings. The first-order valence-electron chi connectivity index (χ1n) is 13.1. The summed E-state index contributed by atoms with van der Waals surface area (Å²) in [4.78, 5) is 0. The Balaban J connectivity index is 0.000000372. The fourth-order valence-corrected chi connectivity index (χ4v) is 6.81. The van der Waals surface area contributed by atoms with Crippen LogP contribution in [0.15, 0.2) is 91.0 Å². The van der Waals surface area contributed by atoms with E-state index in [-0.39, 0.29) is 62.3 Å². The third-order valence-corrected chi connectivity index (χ3v) is 8.79. The van der Waals surface area contributed by atoms with Crippen molar-refractivity contribution in [2.24, 2.45) is 0 Å². The fourth-order valence-electron chi connectivity index (χ4n) is 3.83. The summed E-state index contributed by atoms with van der Waals surface area (Å²) < 4.78 is 32.0. The summed E-state index contributed by atoms with van der Waals surface area (Å²) in [6.45, 7) is 7.04. The van der Waals surface area contributed by atoms with Crippen LogP contribution in [-0.4, -0.2) is 99.0 Å². The Hall–Kier alpha value is -0.510. The Morgan fingerprint density at radius 2 is 0.513 bits per heavy atom. The Morgan fingerprint density at radius 1 is 0.333 bits per heavy atom. The van der Waals surface area contributed by atoms with Gasteiger partial charge < -0.3 is 39.4 Å². The molecule has 1 aliphatic rings. The molecule has 39 heavy (non-hydrogen) atoms. The first-order valence-corrected chi connectivity index (χ1v) is 14.8. The van der Waals surface area contributed by atoms with Crippen molar-refractivity contribution in [1.82, 2.24) is 0 Å². The Morgan fingerprint density at radius 3 is 0.692 bits per heavy atom. The van der Waals surface area contributed by atoms with Crippen LogP contribution in [0.5, 0.6) is 0 Å². The smallest absolute Gasteiger partial charge is 0.377 e. The van der Waals surface area contributed by atoms with Gasteiger partial charge in [0.2, 0.25) is 0 Å². The van der Waals surface area contributed by atoms with Crippen molar-refractivity contribution in [2.75, 3.05) is 79.3 Å². The van der Waals surface area contributed by atoms with Gasteiger partial charge in [0.05, 0.1) is 79.3 Å². The summed E-state index contributed by atoms with van der Waals surface area (Å²) in [5, 5.41) is 4.42. The van der Waals surface area contributed by atoms with Gasteiger partial charge in [0.1, 0.15) is 8.80 Å². The summed E-state index contributed by atoms with van der Waals surface area (Å²) in [6, 6.07) is 32.7. The van der Waals surface area contributed by atoms with Gasteiger partial charge in [0.15, 0.2) is 0 Å². The largest absolute Gasteiger partial charge is 1.00 e. The molecule has 4 rings (SSSR count). The minimum atomic E-state index is -1.31. The standard InChI is InChI=1S/C18H16Si.C12H24O6.K.H3Si/c1-4-10-16(11-5-1)19(17-12-6-2-7-13-17)18-14-8-3-9-15-18;1-2-14-5-6-16-9-10-18-12-11-17-8-7-15-4-3-13-1;;/h1-15,19H;1-12H2;;1H3/q;;+1;-1. The first-order chi connectivity index (χ1) is 18.4. The van der Waals surface area contributed by atoms with Crippen LogP contribution < -0.4 is 66.9 Å². The summed E-state index contributed by atoms with van der Waals surface area (Å²) in [5.41, 5.74) is 0. The summed E-state index contributed by atoms with van der Waals surface area (Å²) in [6.07, 6.45) is 0. The summed E-state index contributed by atoms with van der Waals surface area (Å²) >= 11 is 0. The number of benzene rings is 3. The monoisotopic (exact) mass is 594 g/mol. The van der Waals surface area contributed by atoms with Crippen LogP contribution >= 0.6 is 0 Å². The van der Waals surface area contributed by atoms with Crippen molar-refractivity contribution in [1.29, 1.82) is 0 Å². The van der Waals surface area contributed by atoms with Crippen LogP contribution in [-0.2, 0) is 28.4 Å². The normalized spacial score (nSPS) is 16.2. The molecule has 0 saturated carbocycles. The van der Waals surface area contributed by atoms with Crippen LogP contribution in [0.3, 0.4) is 0 Å². The number of hydrogen-bond donors (Lipinski definition) is 0. The van der Waals surface area contributed by atoms with Gasteiger partial charge in [0, 0.05) is 0 Å². The van der Waals surface area contributed by atoms with Gasteiger partial charge in [-0.25, -0.2) is 0 Å². The maximum absolute atomic E-state index is 5.33. The van der Waals surface area contributed by atoms with E-state index in [1.54, 1.807) is 0 Å². The van der Waals surface area contributed by atoms with Crippen LogP contribution in [0.25, 0.3) is 0 Å². The molecule has 0 spiro atoms. The van der Waals surface area contributed by atoms with Gasteiger partial charge in [0.25, 0.3) is 0 Å². The molecule has 9 heteroatoms. The molecular formula is C30H43KO6Si2. The second kappa shape index (κ2) is 25.2. The topological polar surface area (TPSA) is 55.4 Å². The zero-order valence-electron chi connectivity index (χ0n) is 23.7. The quantitative estimate of drug-likeness (QED) is 0.255. The van der Waals surface area contributed by atoms with Crippen LogP contribution in [0.4, 0.5) is 0 Å². The molecule has 1 aliphatic heterocycles. The Kier molecular flexibility index (Phi) is 23.6. The van der Waals surface area contributed by atoms with E-state index in [1.807, 2.05) is 0 Å². The molecule has 0 unspecified atom stereocenters. The minimum Gasteiger partial charge on any atom is -0.377 e. The van der Waals surface area contributed by atoms with E-state index < -0.39 is 8.80 Å². The molecule has 0 atom stereocenters. The third kappa shape index (κ3) is 16.5. The second-order valence-electron chi connectivity index (χ2n) is 8.34. The van der Waals surface area contributed by atoms with Crippen LogP contribution in [0, 0.1) is 0 Å². The molecule has 6 nitrogen and oxygen atoms in total. The van der Waals surface area contributed by atoms with E-state index in [9.17, 15) is 0 Å². The van der Waals surface area contributed by atoms with E-state index in [0.717, 1.165) is 0 Å². The number of hydrogen-bond acceptors (Lipinski definition) is 6. The second-order valence-corrected chi connectivity index (χ2v) is 11.2. The predicted molar refractivity (Wildman–Crippen MR) is 160 cm³/mol. The molecular weight excluding hydrogens is 552 g/mol. The summed E-state index contributed by atoms with van der Waals surface area (Å²) in [7, 11) is -1.31. The molecule has 1 fully saturated rings. The summed E-state index contributed by atoms with van der Waals surface area (Å²) in [5.74, 6) is 0. The number of ether oxygens (including phenoxy) is 6. The van der Waals surface area contributed by atoms with Crippen molar-refractivity contribution < 1.29 is 79.8 Å². The average molecular weight is 595 g/mol. The maximum atomic E-state index is 5.33. The zero-order chi connectivity index (χ0) is 25.6. The third-order valence-electron chi connectivity index (χ3n) is 5.63. The van der Waals surface area contributed by atoms with Crippen LogP contribution in [0.2, 0.25) is 0 Å².